The third kappa shape index (κ3) is 4.72. The summed E-state index contributed by atoms with van der Waals surface area (Å²) >= 11 is 0. The molecule has 2 heterocycles. The number of nitrogens with zero attached hydrogens (tertiary/aromatic N) is 1. The summed E-state index contributed by atoms with van der Waals surface area (Å²) in [5.41, 5.74) is 2.34. The summed E-state index contributed by atoms with van der Waals surface area (Å²) in [4.78, 5) is 27.2. The molecular weight excluding hydrogens is 394 g/mol. The van der Waals surface area contributed by atoms with Gasteiger partial charge in [-0.2, -0.15) is 0 Å². The Kier molecular flexibility index (Phi) is 5.95. The van der Waals surface area contributed by atoms with Crippen LogP contribution in [0, 0.1) is 13.8 Å². The second kappa shape index (κ2) is 8.81. The van der Waals surface area contributed by atoms with Crippen LogP contribution < -0.4 is 21.0 Å². The van der Waals surface area contributed by atoms with Gasteiger partial charge in [-0.1, -0.05) is 18.2 Å². The van der Waals surface area contributed by atoms with Gasteiger partial charge in [0.25, 0.3) is 0 Å². The molecule has 0 aliphatic carbocycles. The number of carbonyl (C=O) groups is 1. The molecule has 3 aromatic rings. The molecule has 1 saturated heterocycles. The normalized spacial score (nSPS) is 15.1. The molecule has 166 valence electrons. The first-order chi connectivity index (χ1) is 14.9. The predicted octanol–water partition coefficient (Wildman–Crippen LogP) is 5.02. The molecule has 0 radical (unpaired) electrons. The van der Waals surface area contributed by atoms with Crippen LogP contribution in [-0.4, -0.2) is 37.2 Å². The minimum Gasteiger partial charge on any atom is -0.490 e. The predicted molar refractivity (Wildman–Crippen MR) is 126 cm³/mol. The average Bonchev–Trinajstić information content (AvgIpc) is 2.74. The van der Waals surface area contributed by atoms with Crippen molar-refractivity contribution >= 4 is 28.4 Å². The molecule has 2 amide bonds. The molecule has 0 atom stereocenters. The zero-order chi connectivity index (χ0) is 22.0. The Hall–Kier alpha value is -3.32. The Morgan fingerprint density at radius 3 is 2.55 bits per heavy atom. The molecule has 4 rings (SSSR count). The number of urea groups is 1. The lowest BCUT2D eigenvalue weighted by Gasteiger charge is -2.29. The van der Waals surface area contributed by atoms with Gasteiger partial charge in [0.2, 0.25) is 0 Å². The molecule has 0 spiro atoms. The molecular formula is C24H31N3O4. The Morgan fingerprint density at radius 2 is 1.81 bits per heavy atom. The van der Waals surface area contributed by atoms with Crippen molar-refractivity contribution in [3.05, 3.63) is 64.0 Å². The zero-order valence-corrected chi connectivity index (χ0v) is 18.0. The number of carbonyl (C=O) groups excluding carboxylic acids is 1. The molecule has 0 unspecified atom stereocenters. The second-order valence-corrected chi connectivity index (χ2v) is 8.07. The van der Waals surface area contributed by atoms with E-state index in [-0.39, 0.29) is 14.6 Å². The fourth-order valence-electron chi connectivity index (χ4n) is 3.79. The van der Waals surface area contributed by atoms with Crippen LogP contribution >= 0.6 is 0 Å². The highest BCUT2D eigenvalue weighted by Crippen LogP contribution is 2.30. The maximum absolute atomic E-state index is 12.5. The summed E-state index contributed by atoms with van der Waals surface area (Å²) in [5, 5.41) is 6.06. The topological polar surface area (TPSA) is 83.8 Å². The van der Waals surface area contributed by atoms with Crippen LogP contribution in [0.5, 0.6) is 5.75 Å². The highest BCUT2D eigenvalue weighted by molar-refractivity contribution is 6.01. The molecule has 0 saturated carbocycles. The first kappa shape index (κ1) is 20.9. The molecule has 1 aliphatic rings. The summed E-state index contributed by atoms with van der Waals surface area (Å²) < 4.78 is 11.7. The SMILES string of the molecule is Cc1ccccc1NC(=O)Nc1cc2ccc(OC3CCN(C)CC3)c(C)c2oc1=O.[HH].[HH]. The van der Waals surface area contributed by atoms with Crippen molar-refractivity contribution in [2.75, 3.05) is 30.8 Å². The maximum Gasteiger partial charge on any atom is 0.360 e. The zero-order valence-electron chi connectivity index (χ0n) is 18.0. The fourth-order valence-corrected chi connectivity index (χ4v) is 3.79. The van der Waals surface area contributed by atoms with Crippen LogP contribution in [0.25, 0.3) is 11.0 Å². The van der Waals surface area contributed by atoms with Gasteiger partial charge in [0, 0.05) is 32.6 Å². The van der Waals surface area contributed by atoms with Gasteiger partial charge in [0.1, 0.15) is 23.1 Å². The average molecular weight is 426 g/mol. The van der Waals surface area contributed by atoms with E-state index in [1.54, 1.807) is 12.1 Å². The maximum atomic E-state index is 12.5. The van der Waals surface area contributed by atoms with Crippen LogP contribution in [0.4, 0.5) is 16.2 Å². The molecule has 1 aliphatic heterocycles. The Morgan fingerprint density at radius 1 is 1.10 bits per heavy atom. The number of aryl methyl sites for hydroxylation is 2. The van der Waals surface area contributed by atoms with Gasteiger partial charge in [-0.3, -0.25) is 0 Å². The first-order valence-corrected chi connectivity index (χ1v) is 10.5. The minimum atomic E-state index is -0.605. The summed E-state index contributed by atoms with van der Waals surface area (Å²) in [7, 11) is 2.11. The van der Waals surface area contributed by atoms with Crippen LogP contribution in [-0.2, 0) is 0 Å². The lowest BCUT2D eigenvalue weighted by molar-refractivity contribution is 0.113. The number of rotatable bonds is 4. The van der Waals surface area contributed by atoms with E-state index in [9.17, 15) is 9.59 Å². The van der Waals surface area contributed by atoms with Crippen molar-refractivity contribution in [2.45, 2.75) is 32.8 Å². The van der Waals surface area contributed by atoms with Crippen molar-refractivity contribution < 1.29 is 16.8 Å². The summed E-state index contributed by atoms with van der Waals surface area (Å²) in [6.45, 7) is 5.79. The van der Waals surface area contributed by atoms with Crippen molar-refractivity contribution in [1.82, 2.24) is 4.90 Å². The number of amides is 2. The van der Waals surface area contributed by atoms with Gasteiger partial charge in [0.05, 0.1) is 0 Å². The third-order valence-electron chi connectivity index (χ3n) is 5.70. The second-order valence-electron chi connectivity index (χ2n) is 8.07. The smallest absolute Gasteiger partial charge is 0.360 e. The van der Waals surface area contributed by atoms with Crippen molar-refractivity contribution in [3.63, 3.8) is 0 Å². The van der Waals surface area contributed by atoms with Crippen molar-refractivity contribution in [2.24, 2.45) is 0 Å². The van der Waals surface area contributed by atoms with Crippen LogP contribution in [0.15, 0.2) is 51.7 Å². The van der Waals surface area contributed by atoms with Gasteiger partial charge >= 0.3 is 11.7 Å². The van der Waals surface area contributed by atoms with E-state index in [0.29, 0.717) is 11.3 Å². The largest absolute Gasteiger partial charge is 0.490 e. The summed E-state index contributed by atoms with van der Waals surface area (Å²) in [6, 6.07) is 12.3. The van der Waals surface area contributed by atoms with Gasteiger partial charge in [-0.25, -0.2) is 9.59 Å². The highest BCUT2D eigenvalue weighted by Gasteiger charge is 2.20. The number of hydrogen-bond acceptors (Lipinski definition) is 5. The van der Waals surface area contributed by atoms with E-state index in [4.69, 9.17) is 9.15 Å². The van der Waals surface area contributed by atoms with Gasteiger partial charge in [-0.15, -0.1) is 0 Å². The van der Waals surface area contributed by atoms with E-state index in [1.165, 1.54) is 0 Å². The molecule has 2 aromatic carbocycles. The Balaban J connectivity index is 0.00000193. The van der Waals surface area contributed by atoms with Gasteiger partial charge in [0.15, 0.2) is 0 Å². The van der Waals surface area contributed by atoms with Crippen LogP contribution in [0.3, 0.4) is 0 Å². The number of fused-ring (bicyclic) bond motifs is 1. The number of ether oxygens (including phenoxy) is 1. The van der Waals surface area contributed by atoms with E-state index in [0.717, 1.165) is 48.2 Å². The van der Waals surface area contributed by atoms with Gasteiger partial charge < -0.3 is 24.7 Å². The molecule has 7 heteroatoms. The van der Waals surface area contributed by atoms with E-state index < -0.39 is 11.7 Å². The number of para-hydroxylation sites is 1. The minimum absolute atomic E-state index is 0. The number of hydrogen-bond donors (Lipinski definition) is 2. The number of anilines is 2. The first-order valence-electron chi connectivity index (χ1n) is 10.5. The van der Waals surface area contributed by atoms with Crippen molar-refractivity contribution in [3.8, 4) is 5.75 Å². The molecule has 0 bridgehead atoms. The van der Waals surface area contributed by atoms with E-state index >= 15 is 0 Å². The molecule has 31 heavy (non-hydrogen) atoms. The number of likely N-dealkylation sites (tertiary alicyclic amines) is 1. The molecule has 2 N–H and O–H groups in total. The molecule has 1 fully saturated rings. The standard InChI is InChI=1S/C24H27N3O4.2H2/c1-15-6-4-5-7-19(15)25-24(29)26-20-14-17-8-9-21(16(2)22(17)31-23(20)28)30-18-10-12-27(3)13-11-18;;/h4-9,14,18H,10-13H2,1-3H3,(H2,25,26,29);2*1H. The summed E-state index contributed by atoms with van der Waals surface area (Å²) in [6.07, 6.45) is 2.10. The molecule has 7 nitrogen and oxygen atoms in total. The summed E-state index contributed by atoms with van der Waals surface area (Å²) in [5.74, 6) is 0.725. The number of benzene rings is 2. The number of nitrogens with one attached hydrogen (secondary N) is 2. The Bertz CT molecular complexity index is 1170. The van der Waals surface area contributed by atoms with E-state index in [1.807, 2.05) is 44.2 Å². The highest BCUT2D eigenvalue weighted by atomic mass is 16.5. The molecule has 1 aromatic heterocycles. The van der Waals surface area contributed by atoms with Crippen LogP contribution in [0.2, 0.25) is 0 Å². The number of piperidine rings is 1. The van der Waals surface area contributed by atoms with Gasteiger partial charge in [-0.05, 0) is 63.6 Å². The quantitative estimate of drug-likeness (QED) is 0.574. The van der Waals surface area contributed by atoms with Crippen molar-refractivity contribution in [1.29, 1.82) is 0 Å². The van der Waals surface area contributed by atoms with Crippen LogP contribution in [0.1, 0.15) is 26.8 Å². The fraction of sp³-hybridized carbons (Fsp3) is 0.333. The monoisotopic (exact) mass is 425 g/mol. The lowest BCUT2D eigenvalue weighted by atomic mass is 10.1. The van der Waals surface area contributed by atoms with E-state index in [2.05, 4.69) is 22.6 Å². The Labute approximate surface area is 184 Å². The lowest BCUT2D eigenvalue weighted by Crippen LogP contribution is -2.35. The third-order valence-corrected chi connectivity index (χ3v) is 5.70.